The molecule has 1 atom stereocenters. The molecule has 0 aliphatic carbocycles. The van der Waals surface area contributed by atoms with Crippen molar-refractivity contribution in [2.75, 3.05) is 46.9 Å². The molecule has 27 heavy (non-hydrogen) atoms. The van der Waals surface area contributed by atoms with E-state index in [9.17, 15) is 4.79 Å². The summed E-state index contributed by atoms with van der Waals surface area (Å²) in [4.78, 5) is 17.6. The van der Waals surface area contributed by atoms with Crippen LogP contribution >= 0.6 is 11.6 Å². The van der Waals surface area contributed by atoms with Gasteiger partial charge >= 0.3 is 0 Å². The van der Waals surface area contributed by atoms with Crippen LogP contribution in [0, 0.1) is 0 Å². The number of benzene rings is 1. The standard InChI is InChI=1S/C19H31ClN4O3/c1-5-26-12-6-11-21-19(23-14-18(25)24(3)4)22-13-15(2)27-17-9-7-16(20)8-10-17/h7-10,15H,5-6,11-14H2,1-4H3,(H2,21,22,23). The van der Waals surface area contributed by atoms with Gasteiger partial charge in [-0.15, -0.1) is 0 Å². The summed E-state index contributed by atoms with van der Waals surface area (Å²) in [7, 11) is 3.42. The molecule has 0 spiro atoms. The summed E-state index contributed by atoms with van der Waals surface area (Å²) in [6, 6.07) is 7.23. The van der Waals surface area contributed by atoms with Crippen molar-refractivity contribution < 1.29 is 14.3 Å². The van der Waals surface area contributed by atoms with Crippen molar-refractivity contribution in [3.8, 4) is 5.75 Å². The van der Waals surface area contributed by atoms with Crippen LogP contribution < -0.4 is 15.4 Å². The Hall–Kier alpha value is -1.99. The third kappa shape index (κ3) is 10.7. The lowest BCUT2D eigenvalue weighted by atomic mass is 10.3. The minimum Gasteiger partial charge on any atom is -0.489 e. The van der Waals surface area contributed by atoms with Crippen LogP contribution in [0.3, 0.4) is 0 Å². The smallest absolute Gasteiger partial charge is 0.243 e. The van der Waals surface area contributed by atoms with E-state index >= 15 is 0 Å². The number of aliphatic imine (C=N–C) groups is 1. The van der Waals surface area contributed by atoms with Crippen molar-refractivity contribution in [3.63, 3.8) is 0 Å². The number of carbonyl (C=O) groups excluding carboxylic acids is 1. The Morgan fingerprint density at radius 1 is 1.26 bits per heavy atom. The van der Waals surface area contributed by atoms with Crippen molar-refractivity contribution in [1.82, 2.24) is 15.5 Å². The van der Waals surface area contributed by atoms with Crippen LogP contribution in [0.5, 0.6) is 5.75 Å². The number of nitrogens with zero attached hydrogens (tertiary/aromatic N) is 2. The molecule has 1 amide bonds. The van der Waals surface area contributed by atoms with E-state index in [1.807, 2.05) is 26.0 Å². The molecule has 0 aliphatic rings. The number of hydrogen-bond donors (Lipinski definition) is 2. The second-order valence-corrected chi connectivity index (χ2v) is 6.63. The maximum atomic E-state index is 11.8. The Labute approximate surface area is 167 Å². The molecular weight excluding hydrogens is 368 g/mol. The van der Waals surface area contributed by atoms with E-state index in [0.717, 1.165) is 12.2 Å². The third-order valence-corrected chi connectivity index (χ3v) is 3.79. The average molecular weight is 399 g/mol. The minimum absolute atomic E-state index is 0.0594. The predicted octanol–water partition coefficient (Wildman–Crippen LogP) is 2.16. The van der Waals surface area contributed by atoms with Gasteiger partial charge in [-0.25, -0.2) is 4.99 Å². The molecule has 0 bridgehead atoms. The van der Waals surface area contributed by atoms with Crippen molar-refractivity contribution in [2.45, 2.75) is 26.4 Å². The van der Waals surface area contributed by atoms with Crippen LogP contribution in [-0.4, -0.2) is 69.8 Å². The lowest BCUT2D eigenvalue weighted by Gasteiger charge is -2.18. The fourth-order valence-corrected chi connectivity index (χ4v) is 2.14. The summed E-state index contributed by atoms with van der Waals surface area (Å²) in [5, 5.41) is 7.10. The topological polar surface area (TPSA) is 75.2 Å². The summed E-state index contributed by atoms with van der Waals surface area (Å²) in [6.07, 6.45) is 0.763. The van der Waals surface area contributed by atoms with Gasteiger partial charge in [0, 0.05) is 38.9 Å². The highest BCUT2D eigenvalue weighted by atomic mass is 35.5. The number of nitrogens with one attached hydrogen (secondary N) is 2. The molecule has 8 heteroatoms. The molecule has 0 aromatic heterocycles. The van der Waals surface area contributed by atoms with Crippen LogP contribution in [0.4, 0.5) is 0 Å². The number of halogens is 1. The average Bonchev–Trinajstić information content (AvgIpc) is 2.64. The predicted molar refractivity (Wildman–Crippen MR) is 110 cm³/mol. The number of carbonyl (C=O) groups is 1. The zero-order chi connectivity index (χ0) is 20.1. The highest BCUT2D eigenvalue weighted by Crippen LogP contribution is 2.16. The SMILES string of the molecule is CCOCCCNC(=NCC(=O)N(C)C)NCC(C)Oc1ccc(Cl)cc1. The second kappa shape index (κ2) is 13.2. The van der Waals surface area contributed by atoms with E-state index in [1.165, 1.54) is 4.90 Å². The number of hydrogen-bond acceptors (Lipinski definition) is 4. The molecule has 0 saturated carbocycles. The first kappa shape index (κ1) is 23.0. The zero-order valence-corrected chi connectivity index (χ0v) is 17.4. The molecule has 0 saturated heterocycles. The Bertz CT molecular complexity index is 579. The van der Waals surface area contributed by atoms with Crippen LogP contribution in [0.25, 0.3) is 0 Å². The molecule has 0 fully saturated rings. The Balaban J connectivity index is 2.51. The van der Waals surface area contributed by atoms with Gasteiger partial charge < -0.3 is 25.0 Å². The van der Waals surface area contributed by atoms with Gasteiger partial charge in [-0.1, -0.05) is 11.6 Å². The Kier molecular flexibility index (Phi) is 11.3. The molecular formula is C19H31ClN4O3. The number of amides is 1. The number of likely N-dealkylation sites (N-methyl/N-ethyl adjacent to an activating group) is 1. The molecule has 1 rings (SSSR count). The quantitative estimate of drug-likeness (QED) is 0.339. The van der Waals surface area contributed by atoms with Gasteiger partial charge in [-0.3, -0.25) is 4.79 Å². The van der Waals surface area contributed by atoms with Crippen LogP contribution in [-0.2, 0) is 9.53 Å². The van der Waals surface area contributed by atoms with Gasteiger partial charge in [0.1, 0.15) is 18.4 Å². The Morgan fingerprint density at radius 2 is 1.96 bits per heavy atom. The third-order valence-electron chi connectivity index (χ3n) is 3.54. The first-order valence-corrected chi connectivity index (χ1v) is 9.52. The highest BCUT2D eigenvalue weighted by Gasteiger charge is 2.08. The minimum atomic E-state index is -0.0915. The van der Waals surface area contributed by atoms with E-state index in [1.54, 1.807) is 26.2 Å². The molecule has 1 aromatic rings. The van der Waals surface area contributed by atoms with Gasteiger partial charge in [0.2, 0.25) is 5.91 Å². The molecule has 0 radical (unpaired) electrons. The summed E-state index contributed by atoms with van der Waals surface area (Å²) < 4.78 is 11.2. The second-order valence-electron chi connectivity index (χ2n) is 6.19. The summed E-state index contributed by atoms with van der Waals surface area (Å²) in [5.41, 5.74) is 0. The summed E-state index contributed by atoms with van der Waals surface area (Å²) in [5.74, 6) is 1.27. The van der Waals surface area contributed by atoms with E-state index in [-0.39, 0.29) is 18.6 Å². The van der Waals surface area contributed by atoms with Crippen molar-refractivity contribution in [1.29, 1.82) is 0 Å². The van der Waals surface area contributed by atoms with Crippen molar-refractivity contribution in [3.05, 3.63) is 29.3 Å². The van der Waals surface area contributed by atoms with Gasteiger partial charge in [0.15, 0.2) is 5.96 Å². The van der Waals surface area contributed by atoms with E-state index in [0.29, 0.717) is 37.3 Å². The maximum absolute atomic E-state index is 11.8. The summed E-state index contributed by atoms with van der Waals surface area (Å²) >= 11 is 5.88. The zero-order valence-electron chi connectivity index (χ0n) is 16.6. The van der Waals surface area contributed by atoms with Gasteiger partial charge in [-0.05, 0) is 44.5 Å². The fraction of sp³-hybridized carbons (Fsp3) is 0.579. The van der Waals surface area contributed by atoms with Crippen LogP contribution in [0.1, 0.15) is 20.3 Å². The molecule has 1 unspecified atom stereocenters. The van der Waals surface area contributed by atoms with Crippen molar-refractivity contribution >= 4 is 23.5 Å². The molecule has 0 heterocycles. The maximum Gasteiger partial charge on any atom is 0.243 e. The number of rotatable bonds is 11. The normalized spacial score (nSPS) is 12.4. The van der Waals surface area contributed by atoms with Crippen molar-refractivity contribution in [2.24, 2.45) is 4.99 Å². The summed E-state index contributed by atoms with van der Waals surface area (Å²) in [6.45, 7) is 6.64. The molecule has 2 N–H and O–H groups in total. The van der Waals surface area contributed by atoms with E-state index < -0.39 is 0 Å². The number of ether oxygens (including phenoxy) is 2. The van der Waals surface area contributed by atoms with Gasteiger partial charge in [0.05, 0.1) is 6.54 Å². The first-order chi connectivity index (χ1) is 12.9. The lowest BCUT2D eigenvalue weighted by Crippen LogP contribution is -2.43. The largest absolute Gasteiger partial charge is 0.489 e. The first-order valence-electron chi connectivity index (χ1n) is 9.14. The highest BCUT2D eigenvalue weighted by molar-refractivity contribution is 6.30. The molecule has 1 aromatic carbocycles. The van der Waals surface area contributed by atoms with E-state index in [4.69, 9.17) is 21.1 Å². The Morgan fingerprint density at radius 3 is 2.59 bits per heavy atom. The molecule has 7 nitrogen and oxygen atoms in total. The fourth-order valence-electron chi connectivity index (χ4n) is 2.02. The van der Waals surface area contributed by atoms with Crippen LogP contribution in [0.15, 0.2) is 29.3 Å². The van der Waals surface area contributed by atoms with E-state index in [2.05, 4.69) is 15.6 Å². The van der Waals surface area contributed by atoms with Crippen LogP contribution in [0.2, 0.25) is 5.02 Å². The van der Waals surface area contributed by atoms with Gasteiger partial charge in [-0.2, -0.15) is 0 Å². The van der Waals surface area contributed by atoms with Gasteiger partial charge in [0.25, 0.3) is 0 Å². The monoisotopic (exact) mass is 398 g/mol. The molecule has 0 aliphatic heterocycles. The molecule has 152 valence electrons. The lowest BCUT2D eigenvalue weighted by molar-refractivity contribution is -0.127. The number of guanidine groups is 1.